The van der Waals surface area contributed by atoms with Crippen molar-refractivity contribution in [2.24, 2.45) is 0 Å². The quantitative estimate of drug-likeness (QED) is 0.748. The number of esters is 1. The van der Waals surface area contributed by atoms with Crippen LogP contribution in [0.15, 0.2) is 30.3 Å². The summed E-state index contributed by atoms with van der Waals surface area (Å²) < 4.78 is 11.0. The van der Waals surface area contributed by atoms with E-state index in [2.05, 4.69) is 12.2 Å². The van der Waals surface area contributed by atoms with Crippen molar-refractivity contribution in [3.05, 3.63) is 35.9 Å². The molecule has 116 valence electrons. The van der Waals surface area contributed by atoms with Gasteiger partial charge in [-0.25, -0.2) is 4.79 Å². The van der Waals surface area contributed by atoms with E-state index in [4.69, 9.17) is 9.47 Å². The van der Waals surface area contributed by atoms with Crippen LogP contribution in [0.4, 0.5) is 0 Å². The largest absolute Gasteiger partial charge is 0.467 e. The van der Waals surface area contributed by atoms with Crippen LogP contribution in [0.3, 0.4) is 0 Å². The molecule has 1 aromatic carbocycles. The van der Waals surface area contributed by atoms with Crippen LogP contribution in [0, 0.1) is 0 Å². The second-order valence-corrected chi connectivity index (χ2v) is 5.71. The number of hydrogen-bond donors (Lipinski definition) is 1. The fraction of sp³-hybridized carbons (Fsp3) is 0.588. The van der Waals surface area contributed by atoms with Gasteiger partial charge >= 0.3 is 5.97 Å². The fourth-order valence-corrected chi connectivity index (χ4v) is 2.30. The number of carbonyl (C=O) groups is 1. The third-order valence-corrected chi connectivity index (χ3v) is 3.99. The monoisotopic (exact) mass is 291 g/mol. The van der Waals surface area contributed by atoms with E-state index in [1.807, 2.05) is 37.3 Å². The first-order valence-corrected chi connectivity index (χ1v) is 7.65. The molecule has 2 unspecified atom stereocenters. The van der Waals surface area contributed by atoms with Gasteiger partial charge in [0.2, 0.25) is 0 Å². The Balaban J connectivity index is 2.30. The normalized spacial score (nSPS) is 18.8. The van der Waals surface area contributed by atoms with Gasteiger partial charge in [-0.2, -0.15) is 0 Å². The van der Waals surface area contributed by atoms with E-state index in [1.54, 1.807) is 0 Å². The minimum absolute atomic E-state index is 0.110. The Labute approximate surface area is 126 Å². The topological polar surface area (TPSA) is 47.6 Å². The first-order valence-electron chi connectivity index (χ1n) is 7.65. The predicted molar refractivity (Wildman–Crippen MR) is 82.0 cm³/mol. The van der Waals surface area contributed by atoms with Gasteiger partial charge in [0, 0.05) is 6.04 Å². The summed E-state index contributed by atoms with van der Waals surface area (Å²) in [5, 5.41) is 3.45. The van der Waals surface area contributed by atoms with Crippen molar-refractivity contribution >= 4 is 5.97 Å². The van der Waals surface area contributed by atoms with Crippen LogP contribution in [0.2, 0.25) is 0 Å². The number of methoxy groups -OCH3 is 1. The summed E-state index contributed by atoms with van der Waals surface area (Å²) >= 11 is 0. The van der Waals surface area contributed by atoms with E-state index in [9.17, 15) is 4.79 Å². The molecule has 21 heavy (non-hydrogen) atoms. The lowest BCUT2D eigenvalue weighted by Crippen LogP contribution is -2.54. The third-order valence-electron chi connectivity index (χ3n) is 3.99. The minimum atomic E-state index is -0.916. The molecule has 0 radical (unpaired) electrons. The van der Waals surface area contributed by atoms with Gasteiger partial charge in [-0.3, -0.25) is 5.32 Å². The van der Waals surface area contributed by atoms with Gasteiger partial charge in [-0.15, -0.1) is 0 Å². The molecule has 2 atom stereocenters. The maximum Gasteiger partial charge on any atom is 0.333 e. The molecule has 0 spiro atoms. The van der Waals surface area contributed by atoms with Crippen LogP contribution in [0.5, 0.6) is 0 Å². The SMILES string of the molecule is CCC(C)OCC(NC1CC1)(C(=O)OC)c1ccccc1. The standard InChI is InChI=1S/C17H25NO3/c1-4-13(2)21-12-17(16(19)20-3,18-15-10-11-15)14-8-6-5-7-9-14/h5-9,13,15,18H,4,10-12H2,1-3H3. The highest BCUT2D eigenvalue weighted by Crippen LogP contribution is 2.30. The van der Waals surface area contributed by atoms with Gasteiger partial charge in [0.05, 0.1) is 19.8 Å². The molecule has 1 aliphatic rings. The van der Waals surface area contributed by atoms with Crippen molar-refractivity contribution in [3.8, 4) is 0 Å². The number of rotatable bonds is 8. The van der Waals surface area contributed by atoms with Gasteiger partial charge < -0.3 is 9.47 Å². The highest BCUT2D eigenvalue weighted by atomic mass is 16.5. The van der Waals surface area contributed by atoms with Crippen LogP contribution in [-0.4, -0.2) is 31.8 Å². The molecule has 1 aliphatic carbocycles. The summed E-state index contributed by atoms with van der Waals surface area (Å²) in [5.41, 5.74) is -0.0206. The molecule has 1 saturated carbocycles. The molecule has 1 aromatic rings. The van der Waals surface area contributed by atoms with Crippen LogP contribution in [0.25, 0.3) is 0 Å². The Kier molecular flexibility index (Phi) is 5.37. The van der Waals surface area contributed by atoms with Gasteiger partial charge in [0.25, 0.3) is 0 Å². The van der Waals surface area contributed by atoms with Gasteiger partial charge in [0.1, 0.15) is 0 Å². The van der Waals surface area contributed by atoms with Gasteiger partial charge in [-0.1, -0.05) is 37.3 Å². The lowest BCUT2D eigenvalue weighted by atomic mass is 9.90. The van der Waals surface area contributed by atoms with Crippen molar-refractivity contribution in [1.29, 1.82) is 0 Å². The lowest BCUT2D eigenvalue weighted by molar-refractivity contribution is -0.153. The minimum Gasteiger partial charge on any atom is -0.467 e. The summed E-state index contributed by atoms with van der Waals surface area (Å²) in [4.78, 5) is 12.5. The first kappa shape index (κ1) is 16.0. The molecule has 0 aliphatic heterocycles. The molecular formula is C17H25NO3. The smallest absolute Gasteiger partial charge is 0.333 e. The van der Waals surface area contributed by atoms with Gasteiger partial charge in [-0.05, 0) is 31.7 Å². The van der Waals surface area contributed by atoms with Crippen molar-refractivity contribution in [1.82, 2.24) is 5.32 Å². The average molecular weight is 291 g/mol. The second kappa shape index (κ2) is 7.05. The van der Waals surface area contributed by atoms with E-state index in [0.29, 0.717) is 6.04 Å². The zero-order valence-corrected chi connectivity index (χ0v) is 13.1. The highest BCUT2D eigenvalue weighted by Gasteiger charge is 2.45. The Morgan fingerprint density at radius 3 is 2.57 bits per heavy atom. The molecule has 4 nitrogen and oxygen atoms in total. The average Bonchev–Trinajstić information content (AvgIpc) is 3.35. The maximum absolute atomic E-state index is 12.5. The van der Waals surface area contributed by atoms with Crippen LogP contribution in [0.1, 0.15) is 38.7 Å². The van der Waals surface area contributed by atoms with Crippen LogP contribution in [-0.2, 0) is 19.8 Å². The van der Waals surface area contributed by atoms with Crippen molar-refractivity contribution in [3.63, 3.8) is 0 Å². The highest BCUT2D eigenvalue weighted by molar-refractivity contribution is 5.83. The zero-order chi connectivity index (χ0) is 15.3. The van der Waals surface area contributed by atoms with E-state index in [0.717, 1.165) is 24.8 Å². The van der Waals surface area contributed by atoms with E-state index < -0.39 is 5.54 Å². The van der Waals surface area contributed by atoms with Crippen LogP contribution >= 0.6 is 0 Å². The Morgan fingerprint density at radius 1 is 1.38 bits per heavy atom. The molecular weight excluding hydrogens is 266 g/mol. The Hall–Kier alpha value is -1.39. The molecule has 0 amide bonds. The van der Waals surface area contributed by atoms with Crippen LogP contribution < -0.4 is 5.32 Å². The molecule has 0 bridgehead atoms. The predicted octanol–water partition coefficient (Wildman–Crippen LogP) is 2.62. The number of ether oxygens (including phenoxy) is 2. The molecule has 1 N–H and O–H groups in total. The Bertz CT molecular complexity index is 458. The second-order valence-electron chi connectivity index (χ2n) is 5.71. The zero-order valence-electron chi connectivity index (χ0n) is 13.1. The molecule has 0 saturated heterocycles. The summed E-state index contributed by atoms with van der Waals surface area (Å²) in [6.07, 6.45) is 3.21. The van der Waals surface area contributed by atoms with Gasteiger partial charge in [0.15, 0.2) is 5.54 Å². The van der Waals surface area contributed by atoms with E-state index in [-0.39, 0.29) is 18.7 Å². The number of carbonyl (C=O) groups excluding carboxylic acids is 1. The summed E-state index contributed by atoms with van der Waals surface area (Å²) in [7, 11) is 1.43. The van der Waals surface area contributed by atoms with Crippen molar-refractivity contribution < 1.29 is 14.3 Å². The third kappa shape index (κ3) is 3.83. The molecule has 1 fully saturated rings. The molecule has 0 aromatic heterocycles. The summed E-state index contributed by atoms with van der Waals surface area (Å²) in [6.45, 7) is 4.38. The molecule has 2 rings (SSSR count). The summed E-state index contributed by atoms with van der Waals surface area (Å²) in [6, 6.07) is 10.1. The summed E-state index contributed by atoms with van der Waals surface area (Å²) in [5.74, 6) is -0.288. The lowest BCUT2D eigenvalue weighted by Gasteiger charge is -2.33. The van der Waals surface area contributed by atoms with Crippen molar-refractivity contribution in [2.45, 2.75) is 50.8 Å². The fourth-order valence-electron chi connectivity index (χ4n) is 2.30. The van der Waals surface area contributed by atoms with E-state index in [1.165, 1.54) is 7.11 Å². The maximum atomic E-state index is 12.5. The van der Waals surface area contributed by atoms with Crippen molar-refractivity contribution in [2.75, 3.05) is 13.7 Å². The first-order chi connectivity index (χ1) is 10.1. The number of hydrogen-bond acceptors (Lipinski definition) is 4. The Morgan fingerprint density at radius 2 is 2.05 bits per heavy atom. The van der Waals surface area contributed by atoms with E-state index >= 15 is 0 Å². The number of benzene rings is 1. The number of nitrogens with one attached hydrogen (secondary N) is 1. The molecule has 0 heterocycles. The molecule has 4 heteroatoms.